The number of hydrogen-bond acceptors (Lipinski definition) is 1. The Balaban J connectivity index is 3.31. The normalized spacial score (nSPS) is 14.2. The highest BCUT2D eigenvalue weighted by Crippen LogP contribution is 2.46. The van der Waals surface area contributed by atoms with Crippen molar-refractivity contribution in [2.45, 2.75) is 18.3 Å². The number of nitrogens with zero attached hydrogens (tertiary/aromatic N) is 1. The Kier molecular flexibility index (Phi) is 2.64. The van der Waals surface area contributed by atoms with E-state index in [1.807, 2.05) is 0 Å². The Morgan fingerprint density at radius 1 is 0.938 bits per heavy atom. The lowest BCUT2D eigenvalue weighted by molar-refractivity contribution is -0.292. The van der Waals surface area contributed by atoms with Crippen molar-refractivity contribution in [1.29, 1.82) is 0 Å². The largest absolute Gasteiger partial charge is 0.459 e. The number of hydrogen-bond donors (Lipinski definition) is 1. The molecule has 2 nitrogen and oxygen atoms in total. The predicted octanol–water partition coefficient (Wildman–Crippen LogP) is 2.88. The van der Waals surface area contributed by atoms with Gasteiger partial charge >= 0.3 is 18.3 Å². The minimum absolute atomic E-state index is 1.08. The molecule has 0 atom stereocenters. The van der Waals surface area contributed by atoms with Gasteiger partial charge in [-0.15, -0.1) is 0 Å². The highest BCUT2D eigenvalue weighted by molar-refractivity contribution is 5.24. The third-order valence-electron chi connectivity index (χ3n) is 1.52. The molecule has 0 saturated heterocycles. The maximum absolute atomic E-state index is 12.6. The smallest absolute Gasteiger partial charge is 0.275 e. The third-order valence-corrected chi connectivity index (χ3v) is 1.52. The Hall–Kier alpha value is -1.35. The van der Waals surface area contributed by atoms with Crippen molar-refractivity contribution in [2.24, 2.45) is 0 Å². The lowest BCUT2D eigenvalue weighted by atomic mass is 10.1. The minimum atomic E-state index is -6.16. The molecule has 0 aliphatic rings. The van der Waals surface area contributed by atoms with E-state index in [1.54, 1.807) is 0 Å². The molecule has 91 valence electrons. The number of halogens is 8. The second-order valence-corrected chi connectivity index (χ2v) is 2.64. The van der Waals surface area contributed by atoms with Crippen LogP contribution in [-0.4, -0.2) is 16.4 Å². The van der Waals surface area contributed by atoms with Crippen LogP contribution in [0.1, 0.15) is 11.3 Å². The van der Waals surface area contributed by atoms with Crippen LogP contribution >= 0.6 is 0 Å². The molecule has 0 amide bonds. The summed E-state index contributed by atoms with van der Waals surface area (Å²) in [7, 11) is 0. The van der Waals surface area contributed by atoms with Gasteiger partial charge in [0.15, 0.2) is 5.69 Å². The maximum atomic E-state index is 12.6. The molecule has 0 saturated carbocycles. The van der Waals surface area contributed by atoms with Gasteiger partial charge in [-0.1, -0.05) is 0 Å². The van der Waals surface area contributed by atoms with E-state index in [0.717, 1.165) is 6.20 Å². The van der Waals surface area contributed by atoms with Crippen LogP contribution in [0.5, 0.6) is 0 Å². The molecule has 1 aromatic rings. The molecule has 0 aliphatic heterocycles. The first kappa shape index (κ1) is 12.7. The Morgan fingerprint density at radius 3 is 1.81 bits per heavy atom. The van der Waals surface area contributed by atoms with Crippen molar-refractivity contribution in [2.75, 3.05) is 0 Å². The van der Waals surface area contributed by atoms with Gasteiger partial charge in [0.05, 0.1) is 6.20 Å². The summed E-state index contributed by atoms with van der Waals surface area (Å²) < 4.78 is 96.5. The highest BCUT2D eigenvalue weighted by Gasteiger charge is 2.63. The van der Waals surface area contributed by atoms with E-state index in [0.29, 0.717) is 0 Å². The number of H-pyrrole nitrogens is 1. The van der Waals surface area contributed by atoms with Crippen LogP contribution in [0, 0.1) is 6.20 Å². The fraction of sp³-hybridized carbons (Fsp3) is 0.500. The van der Waals surface area contributed by atoms with Gasteiger partial charge in [-0.05, 0) is 0 Å². The van der Waals surface area contributed by atoms with Crippen LogP contribution in [0.4, 0.5) is 35.1 Å². The van der Waals surface area contributed by atoms with E-state index in [4.69, 9.17) is 0 Å². The van der Waals surface area contributed by atoms with Gasteiger partial charge in [0, 0.05) is 0 Å². The zero-order valence-corrected chi connectivity index (χ0v) is 6.97. The molecule has 0 unspecified atom stereocenters. The fourth-order valence-corrected chi connectivity index (χ4v) is 0.821. The second-order valence-electron chi connectivity index (χ2n) is 2.64. The molecule has 0 bridgehead atoms. The van der Waals surface area contributed by atoms with E-state index >= 15 is 0 Å². The lowest BCUT2D eigenvalue weighted by Gasteiger charge is -2.19. The van der Waals surface area contributed by atoms with Gasteiger partial charge < -0.3 is 0 Å². The van der Waals surface area contributed by atoms with Crippen LogP contribution < -0.4 is 0 Å². The van der Waals surface area contributed by atoms with Crippen LogP contribution in [-0.2, 0) is 12.1 Å². The second kappa shape index (κ2) is 3.32. The average molecular weight is 253 g/mol. The number of aromatic amines is 1. The molecule has 1 heterocycles. The number of aromatic nitrogens is 2. The molecule has 1 N–H and O–H groups in total. The first-order chi connectivity index (χ1) is 6.98. The van der Waals surface area contributed by atoms with Crippen molar-refractivity contribution >= 4 is 0 Å². The number of rotatable bonds is 1. The van der Waals surface area contributed by atoms with Crippen molar-refractivity contribution in [3.8, 4) is 0 Å². The molecule has 0 aromatic carbocycles. The lowest BCUT2D eigenvalue weighted by Crippen LogP contribution is -2.35. The van der Waals surface area contributed by atoms with Crippen molar-refractivity contribution in [3.63, 3.8) is 0 Å². The quantitative estimate of drug-likeness (QED) is 0.766. The van der Waals surface area contributed by atoms with Crippen LogP contribution in [0.2, 0.25) is 0 Å². The van der Waals surface area contributed by atoms with Gasteiger partial charge in [-0.2, -0.15) is 40.2 Å². The van der Waals surface area contributed by atoms with E-state index in [-0.39, 0.29) is 0 Å². The van der Waals surface area contributed by atoms with Gasteiger partial charge in [0.1, 0.15) is 5.56 Å². The molecule has 16 heavy (non-hydrogen) atoms. The zero-order chi connectivity index (χ0) is 12.8. The molecular weight excluding hydrogens is 252 g/mol. The minimum Gasteiger partial charge on any atom is -0.275 e. The molecule has 1 aromatic heterocycles. The van der Waals surface area contributed by atoms with E-state index in [2.05, 4.69) is 5.10 Å². The summed E-state index contributed by atoms with van der Waals surface area (Å²) in [5.41, 5.74) is -4.71. The van der Waals surface area contributed by atoms with Gasteiger partial charge in [0.25, 0.3) is 0 Å². The SMILES string of the molecule is FC(F)(F)c1[c][nH]nc1C(F)(F)C(F)(F)F. The van der Waals surface area contributed by atoms with Gasteiger partial charge in [0.2, 0.25) is 0 Å². The van der Waals surface area contributed by atoms with Crippen LogP contribution in [0.25, 0.3) is 0 Å². The topological polar surface area (TPSA) is 28.7 Å². The highest BCUT2D eigenvalue weighted by atomic mass is 19.4. The monoisotopic (exact) mass is 253 g/mol. The number of nitrogens with one attached hydrogen (secondary N) is 1. The summed E-state index contributed by atoms with van der Waals surface area (Å²) >= 11 is 0. The van der Waals surface area contributed by atoms with Gasteiger partial charge in [-0.25, -0.2) is 0 Å². The molecular formula is C6HF8N2. The Bertz CT molecular complexity index is 373. The summed E-state index contributed by atoms with van der Waals surface area (Å²) in [6.07, 6.45) is -10.5. The molecule has 1 rings (SSSR count). The summed E-state index contributed by atoms with van der Waals surface area (Å²) in [6, 6.07) is 0. The van der Waals surface area contributed by atoms with Crippen LogP contribution in [0.3, 0.4) is 0 Å². The van der Waals surface area contributed by atoms with Crippen molar-refractivity contribution in [1.82, 2.24) is 10.2 Å². The summed E-state index contributed by atoms with van der Waals surface area (Å²) in [5, 5.41) is 3.46. The standard InChI is InChI=1S/C6HF8N2/c7-4(8,6(12,13)14)3-2(1-15-16-3)5(9,10)11/h(H,15,16). The van der Waals surface area contributed by atoms with Crippen molar-refractivity contribution in [3.05, 3.63) is 17.5 Å². The van der Waals surface area contributed by atoms with E-state index in [1.165, 1.54) is 5.10 Å². The van der Waals surface area contributed by atoms with E-state index in [9.17, 15) is 35.1 Å². The molecule has 0 fully saturated rings. The zero-order valence-electron chi connectivity index (χ0n) is 6.97. The third kappa shape index (κ3) is 1.95. The van der Waals surface area contributed by atoms with Crippen molar-refractivity contribution < 1.29 is 35.1 Å². The molecule has 10 heteroatoms. The summed E-state index contributed by atoms with van der Waals surface area (Å²) in [6.45, 7) is 0. The summed E-state index contributed by atoms with van der Waals surface area (Å²) in [5.74, 6) is -5.69. The van der Waals surface area contributed by atoms with Gasteiger partial charge in [-0.3, -0.25) is 5.10 Å². The molecule has 1 radical (unpaired) electrons. The van der Waals surface area contributed by atoms with E-state index < -0.39 is 29.5 Å². The Labute approximate surface area is 82.2 Å². The Morgan fingerprint density at radius 2 is 1.44 bits per heavy atom. The fourth-order valence-electron chi connectivity index (χ4n) is 0.821. The number of alkyl halides is 8. The summed E-state index contributed by atoms with van der Waals surface area (Å²) in [4.78, 5) is 0. The first-order valence-electron chi connectivity index (χ1n) is 3.46. The maximum Gasteiger partial charge on any atom is 0.459 e. The van der Waals surface area contributed by atoms with Crippen LogP contribution in [0.15, 0.2) is 0 Å². The average Bonchev–Trinajstić information content (AvgIpc) is 2.47. The first-order valence-corrected chi connectivity index (χ1v) is 3.46. The molecule has 0 spiro atoms. The molecule has 0 aliphatic carbocycles. The predicted molar refractivity (Wildman–Crippen MR) is 32.4 cm³/mol.